The normalized spacial score (nSPS) is 11.1. The smallest absolute Gasteiger partial charge is 0.184 e. The van der Waals surface area contributed by atoms with E-state index in [-0.39, 0.29) is 5.78 Å². The van der Waals surface area contributed by atoms with E-state index in [1.807, 2.05) is 37.6 Å². The molecular weight excluding hydrogens is 272 g/mol. The molecule has 0 saturated carbocycles. The van der Waals surface area contributed by atoms with E-state index in [9.17, 15) is 4.79 Å². The van der Waals surface area contributed by atoms with Crippen LogP contribution in [0.2, 0.25) is 0 Å². The van der Waals surface area contributed by atoms with Crippen LogP contribution in [0.25, 0.3) is 15.9 Å². The van der Waals surface area contributed by atoms with Crippen molar-refractivity contribution >= 4 is 27.3 Å². The Balaban J connectivity index is 2.13. The number of benzene rings is 1. The quantitative estimate of drug-likeness (QED) is 0.692. The molecule has 0 saturated heterocycles. The first-order valence-electron chi connectivity index (χ1n) is 6.56. The van der Waals surface area contributed by atoms with Gasteiger partial charge in [-0.2, -0.15) is 0 Å². The van der Waals surface area contributed by atoms with Crippen LogP contribution in [0.15, 0.2) is 23.7 Å². The average molecular weight is 286 g/mol. The first kappa shape index (κ1) is 12.9. The van der Waals surface area contributed by atoms with E-state index in [0.29, 0.717) is 12.1 Å². The van der Waals surface area contributed by atoms with E-state index in [1.54, 1.807) is 16.0 Å². The summed E-state index contributed by atoms with van der Waals surface area (Å²) in [6.07, 6.45) is 1.16. The summed E-state index contributed by atoms with van der Waals surface area (Å²) in [5, 5.41) is 8.20. The van der Waals surface area contributed by atoms with Gasteiger partial charge in [-0.05, 0) is 24.6 Å². The van der Waals surface area contributed by atoms with Crippen molar-refractivity contribution in [3.63, 3.8) is 0 Å². The highest BCUT2D eigenvalue weighted by Crippen LogP contribution is 2.22. The zero-order valence-corrected chi connectivity index (χ0v) is 12.1. The Bertz CT molecular complexity index is 774. The van der Waals surface area contributed by atoms with Crippen LogP contribution in [0.3, 0.4) is 0 Å². The summed E-state index contributed by atoms with van der Waals surface area (Å²) in [4.78, 5) is 16.1. The predicted octanol–water partition coefficient (Wildman–Crippen LogP) is 3.03. The number of rotatable bonds is 4. The monoisotopic (exact) mass is 286 g/mol. The van der Waals surface area contributed by atoms with Gasteiger partial charge in [0.2, 0.25) is 0 Å². The van der Waals surface area contributed by atoms with Gasteiger partial charge < -0.3 is 0 Å². The lowest BCUT2D eigenvalue weighted by molar-refractivity contribution is 0.0982. The third-order valence-electron chi connectivity index (χ3n) is 3.24. The molecule has 0 radical (unpaired) electrons. The number of nitrogens with zero attached hydrogens (tertiary/aromatic N) is 4. The van der Waals surface area contributed by atoms with E-state index < -0.39 is 0 Å². The molecule has 0 fully saturated rings. The maximum atomic E-state index is 11.9. The zero-order chi connectivity index (χ0) is 14.1. The molecule has 0 unspecified atom stereocenters. The number of carbonyl (C=O) groups excluding carboxylic acids is 1. The minimum Gasteiger partial charge on any atom is -0.292 e. The van der Waals surface area contributed by atoms with Gasteiger partial charge in [0, 0.05) is 6.42 Å². The van der Waals surface area contributed by atoms with E-state index in [0.717, 1.165) is 28.0 Å². The van der Waals surface area contributed by atoms with E-state index >= 15 is 0 Å². The van der Waals surface area contributed by atoms with E-state index in [2.05, 4.69) is 15.3 Å². The topological polar surface area (TPSA) is 60.7 Å². The highest BCUT2D eigenvalue weighted by molar-refractivity contribution is 7.16. The lowest BCUT2D eigenvalue weighted by atomic mass is 10.1. The van der Waals surface area contributed by atoms with Gasteiger partial charge in [-0.1, -0.05) is 19.1 Å². The highest BCUT2D eigenvalue weighted by atomic mass is 32.1. The van der Waals surface area contributed by atoms with Crippen LogP contribution in [0.1, 0.15) is 36.5 Å². The number of ketones is 1. The molecule has 2 heterocycles. The van der Waals surface area contributed by atoms with Gasteiger partial charge in [0.25, 0.3) is 0 Å². The molecule has 102 valence electrons. The Morgan fingerprint density at radius 1 is 1.35 bits per heavy atom. The number of hydrogen-bond acceptors (Lipinski definition) is 5. The summed E-state index contributed by atoms with van der Waals surface area (Å²) >= 11 is 1.59. The van der Waals surface area contributed by atoms with Gasteiger partial charge >= 0.3 is 0 Å². The third kappa shape index (κ3) is 2.02. The Morgan fingerprint density at radius 3 is 2.95 bits per heavy atom. The van der Waals surface area contributed by atoms with Crippen molar-refractivity contribution in [2.45, 2.75) is 26.7 Å². The van der Waals surface area contributed by atoms with Gasteiger partial charge in [-0.25, -0.2) is 9.67 Å². The van der Waals surface area contributed by atoms with Crippen molar-refractivity contribution in [2.24, 2.45) is 0 Å². The van der Waals surface area contributed by atoms with Crippen LogP contribution in [-0.4, -0.2) is 25.8 Å². The van der Waals surface area contributed by atoms with Crippen molar-refractivity contribution in [1.29, 1.82) is 0 Å². The van der Waals surface area contributed by atoms with E-state index in [4.69, 9.17) is 0 Å². The number of hydrogen-bond donors (Lipinski definition) is 0. The largest absolute Gasteiger partial charge is 0.292 e. The van der Waals surface area contributed by atoms with Crippen LogP contribution in [0.4, 0.5) is 0 Å². The second kappa shape index (κ2) is 5.13. The Labute approximate surface area is 120 Å². The zero-order valence-electron chi connectivity index (χ0n) is 11.3. The Morgan fingerprint density at radius 2 is 2.20 bits per heavy atom. The fourth-order valence-corrected chi connectivity index (χ4v) is 2.90. The van der Waals surface area contributed by atoms with Gasteiger partial charge in [0.1, 0.15) is 0 Å². The second-order valence-corrected chi connectivity index (χ2v) is 5.32. The Hall–Kier alpha value is -2.08. The molecule has 0 aliphatic carbocycles. The summed E-state index contributed by atoms with van der Waals surface area (Å²) < 4.78 is 2.85. The highest BCUT2D eigenvalue weighted by Gasteiger charge is 2.18. The van der Waals surface area contributed by atoms with Crippen molar-refractivity contribution in [3.05, 3.63) is 35.1 Å². The van der Waals surface area contributed by atoms with Crippen LogP contribution in [0, 0.1) is 0 Å². The van der Waals surface area contributed by atoms with Gasteiger partial charge in [-0.3, -0.25) is 4.79 Å². The molecule has 0 N–H and O–H groups in total. The SMILES string of the molecule is CCC(=O)c1nnn(-c2ccc3ncsc3c2)c1CC. The van der Waals surface area contributed by atoms with Gasteiger partial charge in [0.15, 0.2) is 11.5 Å². The molecular formula is C14H14N4OS. The molecule has 0 atom stereocenters. The molecule has 0 aliphatic rings. The Kier molecular flexibility index (Phi) is 3.31. The number of Topliss-reactive ketones (excluding diaryl/α,β-unsaturated/α-hetero) is 1. The molecule has 6 heteroatoms. The minimum atomic E-state index is 0.0342. The summed E-state index contributed by atoms with van der Waals surface area (Å²) in [6.45, 7) is 3.84. The summed E-state index contributed by atoms with van der Waals surface area (Å²) in [5.74, 6) is 0.0342. The number of fused-ring (bicyclic) bond motifs is 1. The van der Waals surface area contributed by atoms with Crippen molar-refractivity contribution in [1.82, 2.24) is 20.0 Å². The van der Waals surface area contributed by atoms with Gasteiger partial charge in [0.05, 0.1) is 27.1 Å². The molecule has 2 aromatic heterocycles. The third-order valence-corrected chi connectivity index (χ3v) is 4.03. The van der Waals surface area contributed by atoms with Gasteiger partial charge in [-0.15, -0.1) is 16.4 Å². The molecule has 3 aromatic rings. The molecule has 0 aliphatic heterocycles. The molecule has 0 bridgehead atoms. The molecule has 3 rings (SSSR count). The van der Waals surface area contributed by atoms with E-state index in [1.165, 1.54) is 0 Å². The molecule has 0 spiro atoms. The van der Waals surface area contributed by atoms with Crippen molar-refractivity contribution in [3.8, 4) is 5.69 Å². The fraction of sp³-hybridized carbons (Fsp3) is 0.286. The van der Waals surface area contributed by atoms with Crippen LogP contribution in [0.5, 0.6) is 0 Å². The fourth-order valence-electron chi connectivity index (χ4n) is 2.19. The summed E-state index contributed by atoms with van der Waals surface area (Å²) in [6, 6.07) is 5.95. The molecule has 1 aromatic carbocycles. The standard InChI is InChI=1S/C14H14N4OS/c1-3-11-14(12(19)4-2)16-17-18(11)9-5-6-10-13(7-9)20-8-15-10/h5-8H,3-4H2,1-2H3. The molecule has 20 heavy (non-hydrogen) atoms. The maximum absolute atomic E-state index is 11.9. The number of carbonyl (C=O) groups is 1. The predicted molar refractivity (Wildman–Crippen MR) is 78.5 cm³/mol. The van der Waals surface area contributed by atoms with Crippen molar-refractivity contribution in [2.75, 3.05) is 0 Å². The van der Waals surface area contributed by atoms with Crippen LogP contribution in [-0.2, 0) is 6.42 Å². The minimum absolute atomic E-state index is 0.0342. The second-order valence-electron chi connectivity index (χ2n) is 4.43. The summed E-state index contributed by atoms with van der Waals surface area (Å²) in [5.41, 5.74) is 5.06. The maximum Gasteiger partial charge on any atom is 0.184 e. The average Bonchev–Trinajstić information content (AvgIpc) is 3.11. The molecule has 5 nitrogen and oxygen atoms in total. The number of thiazole rings is 1. The first-order chi connectivity index (χ1) is 9.74. The lowest BCUT2D eigenvalue weighted by Gasteiger charge is -2.05. The summed E-state index contributed by atoms with van der Waals surface area (Å²) in [7, 11) is 0. The van der Waals surface area contributed by atoms with Crippen LogP contribution >= 0.6 is 11.3 Å². The van der Waals surface area contributed by atoms with Crippen LogP contribution < -0.4 is 0 Å². The molecule has 0 amide bonds. The van der Waals surface area contributed by atoms with Crippen molar-refractivity contribution < 1.29 is 4.79 Å². The lowest BCUT2D eigenvalue weighted by Crippen LogP contribution is -2.05. The first-order valence-corrected chi connectivity index (χ1v) is 7.44. The number of aromatic nitrogens is 4.